The van der Waals surface area contributed by atoms with Crippen LogP contribution < -0.4 is 10.6 Å². The fourth-order valence-electron chi connectivity index (χ4n) is 2.47. The van der Waals surface area contributed by atoms with Crippen molar-refractivity contribution in [3.8, 4) is 0 Å². The standard InChI is InChI=1S/C17H19N7O/c1-11-8-12(2)21-17(20-11)22-14(9-13-6-4-3-5-7-13)15(25)23-16-18-10-19-24-16/h3-8,10,14H,9H2,1-2H3,(H,20,21,22)(H2,18,19,23,24,25)/t14-/m1/s1. The minimum Gasteiger partial charge on any atom is -0.342 e. The molecule has 0 bridgehead atoms. The number of H-pyrrole nitrogens is 1. The van der Waals surface area contributed by atoms with E-state index in [1.165, 1.54) is 6.33 Å². The Labute approximate surface area is 145 Å². The van der Waals surface area contributed by atoms with Gasteiger partial charge in [-0.2, -0.15) is 10.1 Å². The molecule has 0 saturated heterocycles. The summed E-state index contributed by atoms with van der Waals surface area (Å²) in [5.74, 6) is 0.473. The van der Waals surface area contributed by atoms with Gasteiger partial charge in [0.15, 0.2) is 0 Å². The second-order valence-corrected chi connectivity index (χ2v) is 5.68. The lowest BCUT2D eigenvalue weighted by molar-refractivity contribution is -0.117. The third-order valence-corrected chi connectivity index (χ3v) is 3.54. The molecule has 1 amide bonds. The zero-order valence-corrected chi connectivity index (χ0v) is 14.0. The Morgan fingerprint density at radius 3 is 2.52 bits per heavy atom. The van der Waals surface area contributed by atoms with Crippen molar-refractivity contribution < 1.29 is 4.79 Å². The topological polar surface area (TPSA) is 108 Å². The molecule has 0 spiro atoms. The second-order valence-electron chi connectivity index (χ2n) is 5.68. The van der Waals surface area contributed by atoms with Crippen LogP contribution in [0.4, 0.5) is 11.9 Å². The summed E-state index contributed by atoms with van der Waals surface area (Å²) >= 11 is 0. The molecule has 128 valence electrons. The molecule has 0 saturated carbocycles. The van der Waals surface area contributed by atoms with Gasteiger partial charge >= 0.3 is 0 Å². The van der Waals surface area contributed by atoms with Crippen molar-refractivity contribution in [1.29, 1.82) is 0 Å². The molecule has 25 heavy (non-hydrogen) atoms. The van der Waals surface area contributed by atoms with Gasteiger partial charge in [-0.25, -0.2) is 15.1 Å². The van der Waals surface area contributed by atoms with Gasteiger partial charge in [0.25, 0.3) is 0 Å². The molecule has 2 heterocycles. The van der Waals surface area contributed by atoms with Crippen LogP contribution in [-0.4, -0.2) is 37.1 Å². The number of nitrogens with one attached hydrogen (secondary N) is 3. The number of carbonyl (C=O) groups is 1. The average Bonchev–Trinajstić information content (AvgIpc) is 3.07. The molecule has 0 aliphatic rings. The number of hydrogen-bond donors (Lipinski definition) is 3. The van der Waals surface area contributed by atoms with Gasteiger partial charge in [0, 0.05) is 17.8 Å². The monoisotopic (exact) mass is 337 g/mol. The molecule has 8 heteroatoms. The number of carbonyl (C=O) groups excluding carboxylic acids is 1. The molecule has 0 radical (unpaired) electrons. The van der Waals surface area contributed by atoms with Gasteiger partial charge in [0.1, 0.15) is 12.4 Å². The highest BCUT2D eigenvalue weighted by molar-refractivity contribution is 5.95. The summed E-state index contributed by atoms with van der Waals surface area (Å²) in [6, 6.07) is 11.1. The van der Waals surface area contributed by atoms with Crippen LogP contribution in [0.25, 0.3) is 0 Å². The Balaban J connectivity index is 1.81. The first-order chi connectivity index (χ1) is 12.1. The molecule has 3 aromatic rings. The third-order valence-electron chi connectivity index (χ3n) is 3.54. The summed E-state index contributed by atoms with van der Waals surface area (Å²) in [5, 5.41) is 12.2. The lowest BCUT2D eigenvalue weighted by atomic mass is 10.1. The third kappa shape index (κ3) is 4.60. The van der Waals surface area contributed by atoms with Crippen LogP contribution in [0, 0.1) is 13.8 Å². The summed E-state index contributed by atoms with van der Waals surface area (Å²) in [5.41, 5.74) is 2.70. The van der Waals surface area contributed by atoms with E-state index in [1.807, 2.05) is 50.2 Å². The molecule has 2 aromatic heterocycles. The predicted molar refractivity (Wildman–Crippen MR) is 94.1 cm³/mol. The zero-order chi connectivity index (χ0) is 17.6. The molecule has 0 unspecified atom stereocenters. The van der Waals surface area contributed by atoms with Gasteiger partial charge < -0.3 is 5.32 Å². The van der Waals surface area contributed by atoms with Crippen molar-refractivity contribution in [2.45, 2.75) is 26.3 Å². The molecule has 0 aliphatic heterocycles. The van der Waals surface area contributed by atoms with Crippen LogP contribution in [0.1, 0.15) is 17.0 Å². The lowest BCUT2D eigenvalue weighted by Crippen LogP contribution is -2.37. The number of aromatic amines is 1. The number of amides is 1. The molecule has 0 fully saturated rings. The number of aromatic nitrogens is 5. The van der Waals surface area contributed by atoms with E-state index < -0.39 is 6.04 Å². The van der Waals surface area contributed by atoms with Crippen LogP contribution in [0.2, 0.25) is 0 Å². The lowest BCUT2D eigenvalue weighted by Gasteiger charge is -2.18. The molecule has 1 atom stereocenters. The fraction of sp³-hybridized carbons (Fsp3) is 0.235. The minimum atomic E-state index is -0.561. The summed E-state index contributed by atoms with van der Waals surface area (Å²) in [6.45, 7) is 3.78. The highest BCUT2D eigenvalue weighted by Gasteiger charge is 2.21. The van der Waals surface area contributed by atoms with Crippen molar-refractivity contribution >= 4 is 17.8 Å². The number of benzene rings is 1. The van der Waals surface area contributed by atoms with Crippen LogP contribution in [0.15, 0.2) is 42.7 Å². The van der Waals surface area contributed by atoms with Gasteiger partial charge in [-0.1, -0.05) is 30.3 Å². The van der Waals surface area contributed by atoms with Crippen molar-refractivity contribution in [2.24, 2.45) is 0 Å². The number of aryl methyl sites for hydroxylation is 2. The molecular formula is C17H19N7O. The van der Waals surface area contributed by atoms with E-state index in [4.69, 9.17) is 0 Å². The summed E-state index contributed by atoms with van der Waals surface area (Å²) < 4.78 is 0. The van der Waals surface area contributed by atoms with E-state index >= 15 is 0 Å². The first-order valence-electron chi connectivity index (χ1n) is 7.89. The number of hydrogen-bond acceptors (Lipinski definition) is 6. The quantitative estimate of drug-likeness (QED) is 0.634. The van der Waals surface area contributed by atoms with E-state index in [0.717, 1.165) is 17.0 Å². The van der Waals surface area contributed by atoms with Crippen LogP contribution in [0.3, 0.4) is 0 Å². The largest absolute Gasteiger partial charge is 0.342 e. The maximum Gasteiger partial charge on any atom is 0.249 e. The van der Waals surface area contributed by atoms with E-state index in [0.29, 0.717) is 18.3 Å². The van der Waals surface area contributed by atoms with E-state index in [2.05, 4.69) is 35.8 Å². The van der Waals surface area contributed by atoms with Gasteiger partial charge in [-0.3, -0.25) is 10.1 Å². The maximum atomic E-state index is 12.7. The SMILES string of the molecule is Cc1cc(C)nc(N[C@H](Cc2ccccc2)C(=O)Nc2ncn[nH]2)n1. The number of nitrogens with zero attached hydrogens (tertiary/aromatic N) is 4. The van der Waals surface area contributed by atoms with Crippen molar-refractivity contribution in [3.05, 3.63) is 59.7 Å². The van der Waals surface area contributed by atoms with Gasteiger partial charge in [-0.15, -0.1) is 0 Å². The van der Waals surface area contributed by atoms with Crippen LogP contribution in [-0.2, 0) is 11.2 Å². The fourth-order valence-corrected chi connectivity index (χ4v) is 2.47. The Bertz CT molecular complexity index is 813. The van der Waals surface area contributed by atoms with Gasteiger partial charge in [0.05, 0.1) is 0 Å². The smallest absolute Gasteiger partial charge is 0.249 e. The van der Waals surface area contributed by atoms with Crippen LogP contribution >= 0.6 is 0 Å². The molecule has 8 nitrogen and oxygen atoms in total. The molecule has 3 rings (SSSR count). The zero-order valence-electron chi connectivity index (χ0n) is 14.0. The normalized spacial score (nSPS) is 11.8. The van der Waals surface area contributed by atoms with E-state index in [9.17, 15) is 4.79 Å². The molecular weight excluding hydrogens is 318 g/mol. The Morgan fingerprint density at radius 2 is 1.88 bits per heavy atom. The average molecular weight is 337 g/mol. The second kappa shape index (κ2) is 7.52. The highest BCUT2D eigenvalue weighted by Crippen LogP contribution is 2.11. The summed E-state index contributed by atoms with van der Waals surface area (Å²) in [4.78, 5) is 25.3. The van der Waals surface area contributed by atoms with Gasteiger partial charge in [-0.05, 0) is 25.5 Å². The molecule has 0 aliphatic carbocycles. The molecule has 1 aromatic carbocycles. The summed E-state index contributed by atoms with van der Waals surface area (Å²) in [6.07, 6.45) is 1.82. The summed E-state index contributed by atoms with van der Waals surface area (Å²) in [7, 11) is 0. The van der Waals surface area contributed by atoms with E-state index in [-0.39, 0.29) is 5.91 Å². The maximum absolute atomic E-state index is 12.7. The number of anilines is 2. The van der Waals surface area contributed by atoms with E-state index in [1.54, 1.807) is 0 Å². The van der Waals surface area contributed by atoms with Crippen molar-refractivity contribution in [3.63, 3.8) is 0 Å². The van der Waals surface area contributed by atoms with Crippen molar-refractivity contribution in [2.75, 3.05) is 10.6 Å². The Kier molecular flexibility index (Phi) is 4.98. The Hall–Kier alpha value is -3.29. The Morgan fingerprint density at radius 1 is 1.16 bits per heavy atom. The van der Waals surface area contributed by atoms with Crippen LogP contribution in [0.5, 0.6) is 0 Å². The van der Waals surface area contributed by atoms with Gasteiger partial charge in [0.2, 0.25) is 17.8 Å². The van der Waals surface area contributed by atoms with Crippen molar-refractivity contribution in [1.82, 2.24) is 25.1 Å². The highest BCUT2D eigenvalue weighted by atomic mass is 16.2. The first-order valence-corrected chi connectivity index (χ1v) is 7.89. The predicted octanol–water partition coefficient (Wildman–Crippen LogP) is 1.87. The number of rotatable bonds is 6. The first kappa shape index (κ1) is 16.6. The molecule has 3 N–H and O–H groups in total. The minimum absolute atomic E-state index is 0.247.